The molecule has 1 aliphatic heterocycles. The number of fused-ring (bicyclic) bond motifs is 3. The number of amides is 1. The maximum atomic E-state index is 15.5. The Morgan fingerprint density at radius 1 is 1.03 bits per heavy atom. The molecule has 0 saturated heterocycles. The van der Waals surface area contributed by atoms with Crippen LogP contribution in [0.15, 0.2) is 64.4 Å². The Morgan fingerprint density at radius 3 is 2.50 bits per heavy atom. The minimum absolute atomic E-state index is 0.00167. The van der Waals surface area contributed by atoms with Crippen molar-refractivity contribution in [2.24, 2.45) is 0 Å². The SMILES string of the molecule is Cc1c(Sc2cccc(C(=O)[O-])c2F)c2ccc(Cl)c(F)c2n1C(=O)N1CC2(CC2)c2ccccc21. The molecular formula is C27H18ClF2N2O3S-. The van der Waals surface area contributed by atoms with Crippen LogP contribution in [0, 0.1) is 18.6 Å². The van der Waals surface area contributed by atoms with Crippen LogP contribution in [0.25, 0.3) is 10.9 Å². The largest absolute Gasteiger partial charge is 0.545 e. The van der Waals surface area contributed by atoms with E-state index in [0.29, 0.717) is 22.5 Å². The molecule has 1 fully saturated rings. The highest BCUT2D eigenvalue weighted by Crippen LogP contribution is 2.56. The van der Waals surface area contributed by atoms with E-state index in [1.54, 1.807) is 17.9 Å². The topological polar surface area (TPSA) is 65.4 Å². The molecule has 0 unspecified atom stereocenters. The van der Waals surface area contributed by atoms with Gasteiger partial charge in [0.05, 0.1) is 16.5 Å². The summed E-state index contributed by atoms with van der Waals surface area (Å²) in [4.78, 5) is 27.4. The highest BCUT2D eigenvalue weighted by molar-refractivity contribution is 7.99. The number of aromatic carboxylic acids is 1. The van der Waals surface area contributed by atoms with E-state index >= 15 is 4.39 Å². The molecule has 4 aromatic rings. The van der Waals surface area contributed by atoms with Crippen LogP contribution in [0.3, 0.4) is 0 Å². The van der Waals surface area contributed by atoms with E-state index in [0.717, 1.165) is 41.9 Å². The first-order chi connectivity index (χ1) is 17.2. The number of hydrogen-bond donors (Lipinski definition) is 0. The zero-order valence-corrected chi connectivity index (χ0v) is 20.6. The second-order valence-electron chi connectivity index (χ2n) is 9.18. The van der Waals surface area contributed by atoms with Crippen LogP contribution in [-0.2, 0) is 5.41 Å². The molecular weight excluding hydrogens is 506 g/mol. The Morgan fingerprint density at radius 2 is 1.78 bits per heavy atom. The van der Waals surface area contributed by atoms with Crippen molar-refractivity contribution < 1.29 is 23.5 Å². The summed E-state index contributed by atoms with van der Waals surface area (Å²) < 4.78 is 31.7. The van der Waals surface area contributed by atoms with Crippen LogP contribution < -0.4 is 10.0 Å². The van der Waals surface area contributed by atoms with Gasteiger partial charge in [-0.25, -0.2) is 13.6 Å². The fourth-order valence-electron chi connectivity index (χ4n) is 5.13. The first-order valence-corrected chi connectivity index (χ1v) is 12.5. The molecule has 0 atom stereocenters. The van der Waals surface area contributed by atoms with Crippen molar-refractivity contribution in [3.05, 3.63) is 88.1 Å². The highest BCUT2D eigenvalue weighted by atomic mass is 35.5. The Balaban J connectivity index is 1.52. The van der Waals surface area contributed by atoms with E-state index in [-0.39, 0.29) is 20.8 Å². The first kappa shape index (κ1) is 23.1. The second kappa shape index (κ2) is 8.08. The molecule has 1 aromatic heterocycles. The number of benzene rings is 3. The van der Waals surface area contributed by atoms with E-state index < -0.39 is 29.2 Å². The lowest BCUT2D eigenvalue weighted by Crippen LogP contribution is -2.35. The standard InChI is InChI=1S/C27H19ClF2N2O3S/c1-14-24(36-20-8-4-5-15(21(20)29)25(33)34)16-9-10-18(28)22(30)23(16)32(14)26(35)31-13-27(11-12-27)17-6-2-3-7-19(17)31/h2-10H,11-13H2,1H3,(H,33,34)/p-1. The summed E-state index contributed by atoms with van der Waals surface area (Å²) in [5.74, 6) is -3.34. The van der Waals surface area contributed by atoms with Crippen LogP contribution in [0.4, 0.5) is 19.3 Å². The summed E-state index contributed by atoms with van der Waals surface area (Å²) in [6.07, 6.45) is 1.96. The molecule has 1 aliphatic carbocycles. The number of halogens is 3. The van der Waals surface area contributed by atoms with Gasteiger partial charge >= 0.3 is 6.03 Å². The number of aromatic nitrogens is 1. The summed E-state index contributed by atoms with van der Waals surface area (Å²) in [6.45, 7) is 2.15. The third-order valence-corrected chi connectivity index (χ3v) is 8.65. The normalized spacial score (nSPS) is 15.5. The predicted molar refractivity (Wildman–Crippen MR) is 132 cm³/mol. The monoisotopic (exact) mass is 523 g/mol. The number of carboxylic acid groups (broad SMARTS) is 1. The van der Waals surface area contributed by atoms with Gasteiger partial charge in [-0.1, -0.05) is 53.7 Å². The fourth-order valence-corrected chi connectivity index (χ4v) is 6.36. The summed E-state index contributed by atoms with van der Waals surface area (Å²) >= 11 is 7.04. The van der Waals surface area contributed by atoms with Crippen LogP contribution in [0.2, 0.25) is 5.02 Å². The van der Waals surface area contributed by atoms with Crippen molar-refractivity contribution in [1.82, 2.24) is 4.57 Å². The van der Waals surface area contributed by atoms with Crippen molar-refractivity contribution in [2.45, 2.75) is 35.0 Å². The average Bonchev–Trinajstić information content (AvgIpc) is 3.49. The molecule has 182 valence electrons. The second-order valence-corrected chi connectivity index (χ2v) is 10.6. The molecule has 1 spiro atoms. The number of carbonyl (C=O) groups is 2. The van der Waals surface area contributed by atoms with Crippen molar-refractivity contribution in [3.8, 4) is 0 Å². The fraction of sp³-hybridized carbons (Fsp3) is 0.185. The summed E-state index contributed by atoms with van der Waals surface area (Å²) in [6, 6.07) is 14.2. The molecule has 1 amide bonds. The smallest absolute Gasteiger partial charge is 0.333 e. The Bertz CT molecular complexity index is 1610. The zero-order valence-electron chi connectivity index (χ0n) is 19.0. The maximum absolute atomic E-state index is 15.5. The molecule has 3 aromatic carbocycles. The number of anilines is 1. The van der Waals surface area contributed by atoms with Gasteiger partial charge in [-0.3, -0.25) is 9.47 Å². The molecule has 6 rings (SSSR count). The van der Waals surface area contributed by atoms with E-state index in [1.807, 2.05) is 24.3 Å². The molecule has 36 heavy (non-hydrogen) atoms. The van der Waals surface area contributed by atoms with Gasteiger partial charge in [-0.2, -0.15) is 0 Å². The minimum Gasteiger partial charge on any atom is -0.545 e. The van der Waals surface area contributed by atoms with E-state index in [1.165, 1.54) is 22.8 Å². The van der Waals surface area contributed by atoms with Gasteiger partial charge in [-0.05, 0) is 49.6 Å². The van der Waals surface area contributed by atoms with Crippen LogP contribution >= 0.6 is 23.4 Å². The maximum Gasteiger partial charge on any atom is 0.333 e. The number of rotatable bonds is 3. The third kappa shape index (κ3) is 3.28. The Kier molecular flexibility index (Phi) is 5.18. The van der Waals surface area contributed by atoms with Gasteiger partial charge in [-0.15, -0.1) is 0 Å². The summed E-state index contributed by atoms with van der Waals surface area (Å²) in [5.41, 5.74) is 1.67. The van der Waals surface area contributed by atoms with E-state index in [4.69, 9.17) is 11.6 Å². The quantitative estimate of drug-likeness (QED) is 0.334. The van der Waals surface area contributed by atoms with E-state index in [2.05, 4.69) is 0 Å². The van der Waals surface area contributed by atoms with Crippen molar-refractivity contribution in [3.63, 3.8) is 0 Å². The summed E-state index contributed by atoms with van der Waals surface area (Å²) in [7, 11) is 0. The number of nitrogens with zero attached hydrogens (tertiary/aromatic N) is 2. The van der Waals surface area contributed by atoms with Crippen molar-refractivity contribution >= 4 is 52.0 Å². The molecule has 0 bridgehead atoms. The average molecular weight is 524 g/mol. The number of carboxylic acids is 1. The predicted octanol–water partition coefficient (Wildman–Crippen LogP) is 5.92. The van der Waals surface area contributed by atoms with Crippen molar-refractivity contribution in [1.29, 1.82) is 0 Å². The Hall–Kier alpha value is -3.36. The van der Waals surface area contributed by atoms with Gasteiger partial charge in [0.25, 0.3) is 0 Å². The number of hydrogen-bond acceptors (Lipinski definition) is 4. The Labute approximate surface area is 214 Å². The number of para-hydroxylation sites is 1. The number of carbonyl (C=O) groups excluding carboxylic acids is 2. The minimum atomic E-state index is -1.64. The van der Waals surface area contributed by atoms with E-state index in [9.17, 15) is 19.1 Å². The molecule has 1 saturated carbocycles. The third-order valence-electron chi connectivity index (χ3n) is 7.10. The lowest BCUT2D eigenvalue weighted by atomic mass is 9.99. The van der Waals surface area contributed by atoms with Crippen LogP contribution in [0.1, 0.15) is 34.5 Å². The van der Waals surface area contributed by atoms with Crippen LogP contribution in [0.5, 0.6) is 0 Å². The lowest BCUT2D eigenvalue weighted by Gasteiger charge is -2.20. The lowest BCUT2D eigenvalue weighted by molar-refractivity contribution is -0.255. The summed E-state index contributed by atoms with van der Waals surface area (Å²) in [5, 5.41) is 11.5. The van der Waals surface area contributed by atoms with Gasteiger partial charge in [0, 0.05) is 44.1 Å². The molecule has 0 N–H and O–H groups in total. The van der Waals surface area contributed by atoms with Crippen molar-refractivity contribution in [2.75, 3.05) is 11.4 Å². The molecule has 2 aliphatic rings. The first-order valence-electron chi connectivity index (χ1n) is 11.3. The molecule has 2 heterocycles. The highest BCUT2D eigenvalue weighted by Gasteiger charge is 2.53. The van der Waals surface area contributed by atoms with Crippen LogP contribution in [-0.4, -0.2) is 23.1 Å². The molecule has 9 heteroatoms. The van der Waals surface area contributed by atoms with Gasteiger partial charge in [0.15, 0.2) is 5.82 Å². The molecule has 5 nitrogen and oxygen atoms in total. The zero-order chi connectivity index (χ0) is 25.4. The van der Waals surface area contributed by atoms with Gasteiger partial charge < -0.3 is 9.90 Å². The van der Waals surface area contributed by atoms with Gasteiger partial charge in [0.2, 0.25) is 0 Å². The van der Waals surface area contributed by atoms with Gasteiger partial charge in [0.1, 0.15) is 5.82 Å². The molecule has 0 radical (unpaired) electrons.